The molecule has 0 aliphatic carbocycles. The van der Waals surface area contributed by atoms with Gasteiger partial charge in [-0.2, -0.15) is 0 Å². The van der Waals surface area contributed by atoms with Gasteiger partial charge in [-0.25, -0.2) is 4.79 Å². The molecule has 2 nitrogen and oxygen atoms in total. The van der Waals surface area contributed by atoms with Crippen LogP contribution in [-0.2, 0) is 11.2 Å². The number of aryl methyl sites for hydroxylation is 1. The van der Waals surface area contributed by atoms with Crippen molar-refractivity contribution in [3.05, 3.63) is 35.9 Å². The molecular formula is C13H18O2S2. The Morgan fingerprint density at radius 3 is 2.59 bits per heavy atom. The van der Waals surface area contributed by atoms with Crippen LogP contribution >= 0.6 is 22.5 Å². The molecule has 0 atom stereocenters. The second-order valence-corrected chi connectivity index (χ2v) is 5.61. The molecule has 1 aromatic carbocycles. The first-order valence-electron chi connectivity index (χ1n) is 5.62. The third-order valence-corrected chi connectivity index (χ3v) is 3.20. The van der Waals surface area contributed by atoms with Crippen LogP contribution in [0.3, 0.4) is 0 Å². The Morgan fingerprint density at radius 2 is 2.00 bits per heavy atom. The molecule has 4 heteroatoms. The lowest BCUT2D eigenvalue weighted by Crippen LogP contribution is -2.26. The van der Waals surface area contributed by atoms with Crippen LogP contribution in [-0.4, -0.2) is 10.9 Å². The molecule has 0 fully saturated rings. The minimum atomic E-state index is -0.415. The van der Waals surface area contributed by atoms with E-state index in [1.54, 1.807) is 0 Å². The number of carbonyl (C=O) groups excluding carboxylic acids is 1. The number of benzene rings is 1. The van der Waals surface area contributed by atoms with Gasteiger partial charge in [0.2, 0.25) is 0 Å². The average molecular weight is 270 g/mol. The number of rotatable bonds is 5. The van der Waals surface area contributed by atoms with Crippen LogP contribution in [0.1, 0.15) is 32.3 Å². The SMILES string of the molecule is CC(C)(CCCc1ccccc1)OC(=O)SS. The van der Waals surface area contributed by atoms with Crippen LogP contribution in [0.15, 0.2) is 30.3 Å². The van der Waals surface area contributed by atoms with Crippen LogP contribution in [0.4, 0.5) is 4.79 Å². The maximum absolute atomic E-state index is 11.1. The molecule has 0 unspecified atom stereocenters. The number of thiol groups is 1. The Hall–Kier alpha value is -0.610. The maximum atomic E-state index is 11.1. The van der Waals surface area contributed by atoms with Crippen molar-refractivity contribution in [1.29, 1.82) is 0 Å². The molecule has 0 saturated carbocycles. The van der Waals surface area contributed by atoms with E-state index >= 15 is 0 Å². The molecule has 0 aliphatic rings. The zero-order valence-electron chi connectivity index (χ0n) is 10.2. The summed E-state index contributed by atoms with van der Waals surface area (Å²) in [5.74, 6) is 0. The van der Waals surface area contributed by atoms with Gasteiger partial charge < -0.3 is 4.74 Å². The Morgan fingerprint density at radius 1 is 1.35 bits per heavy atom. The van der Waals surface area contributed by atoms with Gasteiger partial charge in [0.1, 0.15) is 5.60 Å². The highest BCUT2D eigenvalue weighted by Gasteiger charge is 2.22. The highest BCUT2D eigenvalue weighted by molar-refractivity contribution is 8.74. The van der Waals surface area contributed by atoms with Crippen molar-refractivity contribution in [2.75, 3.05) is 0 Å². The minimum Gasteiger partial charge on any atom is -0.451 e. The standard InChI is InChI=1S/C13H18O2S2/c1-13(2,15-12(14)17-16)10-6-9-11-7-4-3-5-8-11/h3-5,7-8,16H,6,9-10H2,1-2H3. The second-order valence-electron chi connectivity index (χ2n) is 4.54. The Kier molecular flexibility index (Phi) is 5.92. The number of hydrogen-bond donors (Lipinski definition) is 1. The number of ether oxygens (including phenoxy) is 1. The monoisotopic (exact) mass is 270 g/mol. The molecule has 1 aromatic rings. The topological polar surface area (TPSA) is 26.3 Å². The molecule has 0 heterocycles. The minimum absolute atomic E-state index is 0.335. The number of carbonyl (C=O) groups is 1. The summed E-state index contributed by atoms with van der Waals surface area (Å²) >= 11 is 3.82. The van der Waals surface area contributed by atoms with Crippen LogP contribution in [0, 0.1) is 0 Å². The van der Waals surface area contributed by atoms with Gasteiger partial charge in [-0.05, 0) is 38.7 Å². The van der Waals surface area contributed by atoms with E-state index in [9.17, 15) is 4.79 Å². The molecule has 0 bridgehead atoms. The van der Waals surface area contributed by atoms with E-state index in [0.717, 1.165) is 30.1 Å². The van der Waals surface area contributed by atoms with E-state index in [4.69, 9.17) is 4.74 Å². The highest BCUT2D eigenvalue weighted by Crippen LogP contribution is 2.22. The molecule has 0 amide bonds. The lowest BCUT2D eigenvalue weighted by Gasteiger charge is -2.24. The molecule has 0 radical (unpaired) electrons. The first-order valence-corrected chi connectivity index (χ1v) is 7.49. The van der Waals surface area contributed by atoms with Crippen molar-refractivity contribution in [2.45, 2.75) is 38.7 Å². The van der Waals surface area contributed by atoms with Gasteiger partial charge in [-0.1, -0.05) is 42.0 Å². The third kappa shape index (κ3) is 6.03. The fourth-order valence-electron chi connectivity index (χ4n) is 1.66. The molecular weight excluding hydrogens is 252 g/mol. The first kappa shape index (κ1) is 14.5. The van der Waals surface area contributed by atoms with Crippen LogP contribution in [0.5, 0.6) is 0 Å². The van der Waals surface area contributed by atoms with E-state index in [1.807, 2.05) is 32.0 Å². The number of hydrogen-bond acceptors (Lipinski definition) is 4. The van der Waals surface area contributed by atoms with Gasteiger partial charge in [0, 0.05) is 10.8 Å². The zero-order valence-corrected chi connectivity index (χ0v) is 11.9. The largest absolute Gasteiger partial charge is 0.451 e. The van der Waals surface area contributed by atoms with Gasteiger partial charge in [0.25, 0.3) is 0 Å². The van der Waals surface area contributed by atoms with Crippen molar-refractivity contribution in [3.63, 3.8) is 0 Å². The molecule has 17 heavy (non-hydrogen) atoms. The molecule has 94 valence electrons. The molecule has 0 spiro atoms. The lowest BCUT2D eigenvalue weighted by molar-refractivity contribution is 0.0503. The second kappa shape index (κ2) is 6.97. The quantitative estimate of drug-likeness (QED) is 0.484. The van der Waals surface area contributed by atoms with E-state index in [1.165, 1.54) is 5.56 Å². The van der Waals surface area contributed by atoms with Crippen LogP contribution in [0.25, 0.3) is 0 Å². The van der Waals surface area contributed by atoms with Gasteiger partial charge >= 0.3 is 5.30 Å². The van der Waals surface area contributed by atoms with Crippen LogP contribution in [0.2, 0.25) is 0 Å². The predicted octanol–water partition coefficient (Wildman–Crippen LogP) is 4.50. The smallest absolute Gasteiger partial charge is 0.378 e. The molecule has 0 saturated heterocycles. The Labute approximate surface area is 112 Å². The third-order valence-electron chi connectivity index (χ3n) is 2.52. The van der Waals surface area contributed by atoms with E-state index < -0.39 is 5.60 Å². The van der Waals surface area contributed by atoms with Crippen molar-refractivity contribution < 1.29 is 9.53 Å². The summed E-state index contributed by atoms with van der Waals surface area (Å²) in [7, 11) is 0.815. The van der Waals surface area contributed by atoms with Crippen molar-refractivity contribution >= 4 is 27.8 Å². The Bertz CT molecular complexity index is 350. The maximum Gasteiger partial charge on any atom is 0.378 e. The van der Waals surface area contributed by atoms with Crippen molar-refractivity contribution in [2.24, 2.45) is 0 Å². The average Bonchev–Trinajstić information content (AvgIpc) is 2.29. The molecule has 0 N–H and O–H groups in total. The first-order chi connectivity index (χ1) is 8.03. The van der Waals surface area contributed by atoms with Gasteiger partial charge in [0.15, 0.2) is 0 Å². The van der Waals surface area contributed by atoms with Gasteiger partial charge in [0.05, 0.1) is 0 Å². The van der Waals surface area contributed by atoms with E-state index in [0.29, 0.717) is 0 Å². The summed E-state index contributed by atoms with van der Waals surface area (Å²) in [5.41, 5.74) is 0.903. The fourth-order valence-corrected chi connectivity index (χ4v) is 2.03. The van der Waals surface area contributed by atoms with Crippen molar-refractivity contribution in [3.8, 4) is 0 Å². The normalized spacial score (nSPS) is 11.2. The van der Waals surface area contributed by atoms with Gasteiger partial charge in [-0.15, -0.1) is 0 Å². The molecule has 0 aromatic heterocycles. The fraction of sp³-hybridized carbons (Fsp3) is 0.462. The summed E-state index contributed by atoms with van der Waals surface area (Å²) in [6, 6.07) is 10.3. The van der Waals surface area contributed by atoms with E-state index in [-0.39, 0.29) is 5.30 Å². The van der Waals surface area contributed by atoms with Gasteiger partial charge in [-0.3, -0.25) is 0 Å². The summed E-state index contributed by atoms with van der Waals surface area (Å²) < 4.78 is 5.27. The lowest BCUT2D eigenvalue weighted by atomic mass is 9.99. The highest BCUT2D eigenvalue weighted by atomic mass is 33.1. The summed E-state index contributed by atoms with van der Waals surface area (Å²) in [6.45, 7) is 3.86. The van der Waals surface area contributed by atoms with Crippen molar-refractivity contribution in [1.82, 2.24) is 0 Å². The summed E-state index contributed by atoms with van der Waals surface area (Å²) in [4.78, 5) is 11.1. The predicted molar refractivity (Wildman–Crippen MR) is 76.5 cm³/mol. The Balaban J connectivity index is 2.32. The molecule has 0 aliphatic heterocycles. The summed E-state index contributed by atoms with van der Waals surface area (Å²) in [6.07, 6.45) is 2.86. The van der Waals surface area contributed by atoms with E-state index in [2.05, 4.69) is 23.8 Å². The zero-order chi connectivity index (χ0) is 12.7. The molecule has 1 rings (SSSR count). The van der Waals surface area contributed by atoms with Crippen LogP contribution < -0.4 is 0 Å². The summed E-state index contributed by atoms with van der Waals surface area (Å²) in [5, 5.41) is -0.335.